The molecular formula is C17H28N2. The zero-order chi connectivity index (χ0) is 13.6. The molecule has 1 fully saturated rings. The summed E-state index contributed by atoms with van der Waals surface area (Å²) >= 11 is 0. The standard InChI is InChI=1S/C17H28N2/c1-17(10-6-7-12-18-2)11-13-19(15-17)14-16-8-4-3-5-9-16/h3-5,8-9,18H,6-7,10-15H2,1-2H3. The third-order valence-corrected chi connectivity index (χ3v) is 4.34. The molecule has 1 aromatic rings. The van der Waals surface area contributed by atoms with Gasteiger partial charge >= 0.3 is 0 Å². The van der Waals surface area contributed by atoms with Crippen LogP contribution in [-0.4, -0.2) is 31.6 Å². The van der Waals surface area contributed by atoms with Crippen molar-refractivity contribution in [3.63, 3.8) is 0 Å². The Morgan fingerprint density at radius 3 is 2.74 bits per heavy atom. The Kier molecular flexibility index (Phi) is 5.41. The maximum absolute atomic E-state index is 3.24. The first-order valence-electron chi connectivity index (χ1n) is 7.63. The van der Waals surface area contributed by atoms with Crippen molar-refractivity contribution < 1.29 is 0 Å². The third-order valence-electron chi connectivity index (χ3n) is 4.34. The van der Waals surface area contributed by atoms with E-state index in [1.54, 1.807) is 0 Å². The number of rotatable bonds is 7. The largest absolute Gasteiger partial charge is 0.320 e. The fourth-order valence-corrected chi connectivity index (χ4v) is 3.16. The molecule has 1 N–H and O–H groups in total. The van der Waals surface area contributed by atoms with Gasteiger partial charge in [0, 0.05) is 13.1 Å². The van der Waals surface area contributed by atoms with Crippen molar-refractivity contribution in [3.8, 4) is 0 Å². The lowest BCUT2D eigenvalue weighted by molar-refractivity contribution is 0.251. The third kappa shape index (κ3) is 4.63. The monoisotopic (exact) mass is 260 g/mol. The van der Waals surface area contributed by atoms with E-state index < -0.39 is 0 Å². The predicted molar refractivity (Wildman–Crippen MR) is 82.2 cm³/mol. The molecule has 0 bridgehead atoms. The predicted octanol–water partition coefficient (Wildman–Crippen LogP) is 3.29. The Balaban J connectivity index is 1.75. The summed E-state index contributed by atoms with van der Waals surface area (Å²) in [5.41, 5.74) is 1.99. The average molecular weight is 260 g/mol. The van der Waals surface area contributed by atoms with Gasteiger partial charge in [-0.25, -0.2) is 0 Å². The topological polar surface area (TPSA) is 15.3 Å². The van der Waals surface area contributed by atoms with Crippen molar-refractivity contribution in [2.75, 3.05) is 26.7 Å². The summed E-state index contributed by atoms with van der Waals surface area (Å²) in [6, 6.07) is 10.9. The van der Waals surface area contributed by atoms with E-state index in [1.165, 1.54) is 44.3 Å². The minimum Gasteiger partial charge on any atom is -0.320 e. The van der Waals surface area contributed by atoms with Crippen LogP contribution in [-0.2, 0) is 6.54 Å². The first kappa shape index (κ1) is 14.5. The van der Waals surface area contributed by atoms with Crippen LogP contribution < -0.4 is 5.32 Å². The number of hydrogen-bond acceptors (Lipinski definition) is 2. The highest BCUT2D eigenvalue weighted by Crippen LogP contribution is 2.35. The van der Waals surface area contributed by atoms with Gasteiger partial charge in [0.25, 0.3) is 0 Å². The summed E-state index contributed by atoms with van der Waals surface area (Å²) in [6.07, 6.45) is 5.40. The molecule has 0 amide bonds. The van der Waals surface area contributed by atoms with Crippen molar-refractivity contribution in [1.29, 1.82) is 0 Å². The molecule has 1 aliphatic rings. The number of unbranched alkanes of at least 4 members (excludes halogenated alkanes) is 1. The highest BCUT2D eigenvalue weighted by molar-refractivity contribution is 5.14. The van der Waals surface area contributed by atoms with Gasteiger partial charge in [0.15, 0.2) is 0 Å². The molecule has 2 rings (SSSR count). The molecule has 0 spiro atoms. The normalized spacial score (nSPS) is 23.9. The van der Waals surface area contributed by atoms with Crippen LogP contribution in [0.2, 0.25) is 0 Å². The van der Waals surface area contributed by atoms with Crippen molar-refractivity contribution in [2.45, 2.75) is 39.2 Å². The number of likely N-dealkylation sites (tertiary alicyclic amines) is 1. The van der Waals surface area contributed by atoms with Gasteiger partial charge in [0.05, 0.1) is 0 Å². The molecule has 1 aliphatic heterocycles. The van der Waals surface area contributed by atoms with Crippen LogP contribution in [0.4, 0.5) is 0 Å². The average Bonchev–Trinajstić information content (AvgIpc) is 2.78. The van der Waals surface area contributed by atoms with Crippen LogP contribution in [0.1, 0.15) is 38.2 Å². The lowest BCUT2D eigenvalue weighted by Crippen LogP contribution is -2.25. The number of nitrogens with zero attached hydrogens (tertiary/aromatic N) is 1. The summed E-state index contributed by atoms with van der Waals surface area (Å²) < 4.78 is 0. The van der Waals surface area contributed by atoms with E-state index >= 15 is 0 Å². The van der Waals surface area contributed by atoms with Crippen LogP contribution >= 0.6 is 0 Å². The molecular weight excluding hydrogens is 232 g/mol. The van der Waals surface area contributed by atoms with Crippen molar-refractivity contribution >= 4 is 0 Å². The maximum Gasteiger partial charge on any atom is 0.0233 e. The molecule has 106 valence electrons. The number of benzene rings is 1. The van der Waals surface area contributed by atoms with Crippen LogP contribution in [0.25, 0.3) is 0 Å². The number of nitrogens with one attached hydrogen (secondary N) is 1. The van der Waals surface area contributed by atoms with E-state index in [2.05, 4.69) is 47.5 Å². The van der Waals surface area contributed by atoms with E-state index in [9.17, 15) is 0 Å². The first-order valence-corrected chi connectivity index (χ1v) is 7.63. The van der Waals surface area contributed by atoms with E-state index in [0.29, 0.717) is 5.41 Å². The van der Waals surface area contributed by atoms with Gasteiger partial charge < -0.3 is 5.32 Å². The SMILES string of the molecule is CNCCCCC1(C)CCN(Cc2ccccc2)C1. The zero-order valence-electron chi connectivity index (χ0n) is 12.5. The summed E-state index contributed by atoms with van der Waals surface area (Å²) in [6.45, 7) is 7.27. The second-order valence-electron chi connectivity index (χ2n) is 6.32. The highest BCUT2D eigenvalue weighted by atomic mass is 15.2. The zero-order valence-corrected chi connectivity index (χ0v) is 12.5. The van der Waals surface area contributed by atoms with Gasteiger partial charge in [0.2, 0.25) is 0 Å². The van der Waals surface area contributed by atoms with Crippen LogP contribution in [0.15, 0.2) is 30.3 Å². The Hall–Kier alpha value is -0.860. The minimum atomic E-state index is 0.544. The maximum atomic E-state index is 3.24. The van der Waals surface area contributed by atoms with E-state index in [-0.39, 0.29) is 0 Å². The van der Waals surface area contributed by atoms with Crippen molar-refractivity contribution in [2.24, 2.45) is 5.41 Å². The number of hydrogen-bond donors (Lipinski definition) is 1. The molecule has 1 unspecified atom stereocenters. The molecule has 1 atom stereocenters. The lowest BCUT2D eigenvalue weighted by atomic mass is 9.84. The van der Waals surface area contributed by atoms with Gasteiger partial charge in [-0.2, -0.15) is 0 Å². The van der Waals surface area contributed by atoms with Gasteiger partial charge in [-0.3, -0.25) is 4.90 Å². The fraction of sp³-hybridized carbons (Fsp3) is 0.647. The molecule has 19 heavy (non-hydrogen) atoms. The summed E-state index contributed by atoms with van der Waals surface area (Å²) in [5, 5.41) is 3.24. The van der Waals surface area contributed by atoms with Crippen molar-refractivity contribution in [1.82, 2.24) is 10.2 Å². The van der Waals surface area contributed by atoms with Crippen molar-refractivity contribution in [3.05, 3.63) is 35.9 Å². The molecule has 0 saturated carbocycles. The van der Waals surface area contributed by atoms with Gasteiger partial charge in [0.1, 0.15) is 0 Å². The minimum absolute atomic E-state index is 0.544. The van der Waals surface area contributed by atoms with E-state index in [1.807, 2.05) is 7.05 Å². The molecule has 1 aromatic carbocycles. The van der Waals surface area contributed by atoms with Crippen LogP contribution in [0.5, 0.6) is 0 Å². The van der Waals surface area contributed by atoms with Gasteiger partial charge in [-0.1, -0.05) is 43.7 Å². The Morgan fingerprint density at radius 2 is 2.00 bits per heavy atom. The van der Waals surface area contributed by atoms with Gasteiger partial charge in [-0.15, -0.1) is 0 Å². The smallest absolute Gasteiger partial charge is 0.0233 e. The molecule has 1 heterocycles. The second-order valence-corrected chi connectivity index (χ2v) is 6.32. The molecule has 0 aromatic heterocycles. The summed E-state index contributed by atoms with van der Waals surface area (Å²) in [4.78, 5) is 2.62. The van der Waals surface area contributed by atoms with E-state index in [4.69, 9.17) is 0 Å². The van der Waals surface area contributed by atoms with Crippen LogP contribution in [0, 0.1) is 5.41 Å². The first-order chi connectivity index (χ1) is 9.22. The Bertz CT molecular complexity index is 363. The molecule has 0 aliphatic carbocycles. The summed E-state index contributed by atoms with van der Waals surface area (Å²) in [5.74, 6) is 0. The second kappa shape index (κ2) is 7.06. The molecule has 0 radical (unpaired) electrons. The lowest BCUT2D eigenvalue weighted by Gasteiger charge is -2.24. The summed E-state index contributed by atoms with van der Waals surface area (Å²) in [7, 11) is 2.04. The van der Waals surface area contributed by atoms with E-state index in [0.717, 1.165) is 13.1 Å². The Labute approximate surface area is 118 Å². The Morgan fingerprint density at radius 1 is 1.21 bits per heavy atom. The molecule has 2 heteroatoms. The van der Waals surface area contributed by atoms with Crippen LogP contribution in [0.3, 0.4) is 0 Å². The highest BCUT2D eigenvalue weighted by Gasteiger charge is 2.32. The van der Waals surface area contributed by atoms with Gasteiger partial charge in [-0.05, 0) is 50.4 Å². The fourth-order valence-electron chi connectivity index (χ4n) is 3.16. The quantitative estimate of drug-likeness (QED) is 0.757. The molecule has 2 nitrogen and oxygen atoms in total. The molecule has 1 saturated heterocycles.